The van der Waals surface area contributed by atoms with Gasteiger partial charge in [-0.05, 0) is 31.9 Å². The molecule has 1 N–H and O–H groups in total. The molecule has 0 aliphatic heterocycles. The van der Waals surface area contributed by atoms with Crippen LogP contribution in [0, 0.1) is 13.8 Å². The Morgan fingerprint density at radius 3 is 2.76 bits per heavy atom. The van der Waals surface area contributed by atoms with E-state index in [0.29, 0.717) is 18.8 Å². The van der Waals surface area contributed by atoms with Crippen LogP contribution in [-0.2, 0) is 11.3 Å². The Labute approximate surface area is 147 Å². The van der Waals surface area contributed by atoms with Crippen LogP contribution in [0.15, 0.2) is 48.8 Å². The Hall–Kier alpha value is -2.89. The zero-order valence-electron chi connectivity index (χ0n) is 14.8. The molecule has 0 aliphatic carbocycles. The summed E-state index contributed by atoms with van der Waals surface area (Å²) in [7, 11) is 0. The molecular formula is C19H23N5O. The van der Waals surface area contributed by atoms with Crippen LogP contribution in [0.3, 0.4) is 0 Å². The summed E-state index contributed by atoms with van der Waals surface area (Å²) in [5.74, 6) is 0.617. The van der Waals surface area contributed by atoms with Crippen LogP contribution in [-0.4, -0.2) is 25.5 Å². The Balaban J connectivity index is 1.79. The average molecular weight is 337 g/mol. The number of nitrogens with zero attached hydrogens (tertiary/aromatic N) is 4. The first-order valence-corrected chi connectivity index (χ1v) is 8.47. The number of benzene rings is 1. The number of hydrogen-bond donors (Lipinski definition) is 1. The van der Waals surface area contributed by atoms with Crippen LogP contribution < -0.4 is 5.32 Å². The zero-order valence-corrected chi connectivity index (χ0v) is 14.8. The summed E-state index contributed by atoms with van der Waals surface area (Å²) in [6, 6.07) is 11.7. The summed E-state index contributed by atoms with van der Waals surface area (Å²) in [6.45, 7) is 6.58. The molecule has 0 radical (unpaired) electrons. The van der Waals surface area contributed by atoms with Crippen LogP contribution >= 0.6 is 0 Å². The third-order valence-corrected chi connectivity index (χ3v) is 4.10. The van der Waals surface area contributed by atoms with Gasteiger partial charge in [-0.2, -0.15) is 10.2 Å². The molecular weight excluding hydrogens is 314 g/mol. The summed E-state index contributed by atoms with van der Waals surface area (Å²) in [5.41, 5.74) is 3.23. The Bertz CT molecular complexity index is 851. The minimum atomic E-state index is -0.336. The lowest BCUT2D eigenvalue weighted by Gasteiger charge is -2.16. The molecule has 130 valence electrons. The molecule has 2 heterocycles. The lowest BCUT2D eigenvalue weighted by atomic mass is 10.1. The van der Waals surface area contributed by atoms with Gasteiger partial charge in [0.1, 0.15) is 11.9 Å². The van der Waals surface area contributed by atoms with E-state index in [1.165, 1.54) is 5.56 Å². The van der Waals surface area contributed by atoms with Gasteiger partial charge in [-0.3, -0.25) is 9.48 Å². The maximum atomic E-state index is 12.7. The number of anilines is 1. The molecule has 1 aromatic carbocycles. The topological polar surface area (TPSA) is 64.7 Å². The van der Waals surface area contributed by atoms with E-state index in [2.05, 4.69) is 40.6 Å². The fraction of sp³-hybridized carbons (Fsp3) is 0.316. The van der Waals surface area contributed by atoms with Gasteiger partial charge in [-0.25, -0.2) is 4.68 Å². The Morgan fingerprint density at radius 2 is 2.08 bits per heavy atom. The van der Waals surface area contributed by atoms with Crippen molar-refractivity contribution in [3.63, 3.8) is 0 Å². The molecule has 1 atom stereocenters. The number of carbonyl (C=O) groups excluding carboxylic acids is 1. The van der Waals surface area contributed by atoms with E-state index in [1.807, 2.05) is 42.9 Å². The molecule has 0 unspecified atom stereocenters. The molecule has 0 aliphatic rings. The van der Waals surface area contributed by atoms with Crippen molar-refractivity contribution >= 4 is 11.7 Å². The van der Waals surface area contributed by atoms with E-state index in [1.54, 1.807) is 10.9 Å². The zero-order chi connectivity index (χ0) is 17.8. The first-order chi connectivity index (χ1) is 12.1. The van der Waals surface area contributed by atoms with E-state index in [4.69, 9.17) is 0 Å². The standard InChI is InChI=1S/C19H23N5O/c1-4-17(23-10-6-9-20-23)19(25)21-18-12-15(3)22-24(18)13-16-8-5-7-14(2)11-16/h5-12,17H,4,13H2,1-3H3,(H,21,25)/t17-/m0/s1. The fourth-order valence-corrected chi connectivity index (χ4v) is 2.92. The highest BCUT2D eigenvalue weighted by Gasteiger charge is 2.20. The number of rotatable bonds is 6. The van der Waals surface area contributed by atoms with Gasteiger partial charge < -0.3 is 5.32 Å². The third-order valence-electron chi connectivity index (χ3n) is 4.10. The van der Waals surface area contributed by atoms with Crippen molar-refractivity contribution in [1.82, 2.24) is 19.6 Å². The maximum Gasteiger partial charge on any atom is 0.250 e. The van der Waals surface area contributed by atoms with Gasteiger partial charge in [-0.1, -0.05) is 36.8 Å². The summed E-state index contributed by atoms with van der Waals surface area (Å²) < 4.78 is 3.52. The molecule has 2 aromatic heterocycles. The van der Waals surface area contributed by atoms with E-state index >= 15 is 0 Å². The van der Waals surface area contributed by atoms with Crippen LogP contribution in [0.1, 0.15) is 36.2 Å². The molecule has 0 saturated heterocycles. The summed E-state index contributed by atoms with van der Waals surface area (Å²) in [6.07, 6.45) is 4.16. The molecule has 3 rings (SSSR count). The molecule has 25 heavy (non-hydrogen) atoms. The largest absolute Gasteiger partial charge is 0.309 e. The van der Waals surface area contributed by atoms with E-state index in [0.717, 1.165) is 11.3 Å². The molecule has 0 bridgehead atoms. The van der Waals surface area contributed by atoms with Gasteiger partial charge in [0.25, 0.3) is 0 Å². The van der Waals surface area contributed by atoms with Crippen molar-refractivity contribution in [1.29, 1.82) is 0 Å². The Kier molecular flexibility index (Phi) is 4.97. The van der Waals surface area contributed by atoms with Gasteiger partial charge in [0.05, 0.1) is 12.2 Å². The third kappa shape index (κ3) is 3.96. The molecule has 0 fully saturated rings. The maximum absolute atomic E-state index is 12.7. The lowest BCUT2D eigenvalue weighted by Crippen LogP contribution is -2.27. The first kappa shape index (κ1) is 17.0. The highest BCUT2D eigenvalue weighted by atomic mass is 16.2. The van der Waals surface area contributed by atoms with Crippen molar-refractivity contribution in [3.8, 4) is 0 Å². The van der Waals surface area contributed by atoms with E-state index < -0.39 is 0 Å². The minimum Gasteiger partial charge on any atom is -0.309 e. The first-order valence-electron chi connectivity index (χ1n) is 8.47. The summed E-state index contributed by atoms with van der Waals surface area (Å²) in [4.78, 5) is 12.7. The van der Waals surface area contributed by atoms with Crippen molar-refractivity contribution in [3.05, 3.63) is 65.6 Å². The predicted molar refractivity (Wildman–Crippen MR) is 97.4 cm³/mol. The fourth-order valence-electron chi connectivity index (χ4n) is 2.92. The second kappa shape index (κ2) is 7.34. The van der Waals surface area contributed by atoms with Crippen molar-refractivity contribution in [2.45, 2.75) is 39.8 Å². The SMILES string of the molecule is CC[C@@H](C(=O)Nc1cc(C)nn1Cc1cccc(C)c1)n1cccn1. The smallest absolute Gasteiger partial charge is 0.250 e. The molecule has 0 spiro atoms. The number of nitrogens with one attached hydrogen (secondary N) is 1. The van der Waals surface area contributed by atoms with Gasteiger partial charge >= 0.3 is 0 Å². The van der Waals surface area contributed by atoms with Gasteiger partial charge in [0.15, 0.2) is 0 Å². The van der Waals surface area contributed by atoms with Crippen molar-refractivity contribution < 1.29 is 4.79 Å². The molecule has 1 amide bonds. The van der Waals surface area contributed by atoms with Crippen LogP contribution in [0.4, 0.5) is 5.82 Å². The monoisotopic (exact) mass is 337 g/mol. The van der Waals surface area contributed by atoms with Gasteiger partial charge in [0.2, 0.25) is 5.91 Å². The van der Waals surface area contributed by atoms with E-state index in [-0.39, 0.29) is 11.9 Å². The molecule has 3 aromatic rings. The number of carbonyl (C=O) groups is 1. The van der Waals surface area contributed by atoms with Crippen LogP contribution in [0.2, 0.25) is 0 Å². The minimum absolute atomic E-state index is 0.0865. The number of hydrogen-bond acceptors (Lipinski definition) is 3. The van der Waals surface area contributed by atoms with Crippen molar-refractivity contribution in [2.24, 2.45) is 0 Å². The lowest BCUT2D eigenvalue weighted by molar-refractivity contribution is -0.119. The average Bonchev–Trinajstić information content (AvgIpc) is 3.19. The highest BCUT2D eigenvalue weighted by molar-refractivity contribution is 5.92. The number of aryl methyl sites for hydroxylation is 2. The summed E-state index contributed by atoms with van der Waals surface area (Å²) in [5, 5.41) is 11.7. The highest BCUT2D eigenvalue weighted by Crippen LogP contribution is 2.17. The van der Waals surface area contributed by atoms with Gasteiger partial charge in [-0.15, -0.1) is 0 Å². The van der Waals surface area contributed by atoms with Crippen LogP contribution in [0.25, 0.3) is 0 Å². The normalized spacial score (nSPS) is 12.1. The van der Waals surface area contributed by atoms with Crippen LogP contribution in [0.5, 0.6) is 0 Å². The van der Waals surface area contributed by atoms with Crippen molar-refractivity contribution in [2.75, 3.05) is 5.32 Å². The number of amides is 1. The second-order valence-corrected chi connectivity index (χ2v) is 6.22. The molecule has 6 heteroatoms. The summed E-state index contributed by atoms with van der Waals surface area (Å²) >= 11 is 0. The van der Waals surface area contributed by atoms with E-state index in [9.17, 15) is 4.79 Å². The van der Waals surface area contributed by atoms with Gasteiger partial charge in [0, 0.05) is 18.5 Å². The quantitative estimate of drug-likeness (QED) is 0.750. The molecule has 0 saturated carbocycles. The molecule has 6 nitrogen and oxygen atoms in total. The second-order valence-electron chi connectivity index (χ2n) is 6.22. The Morgan fingerprint density at radius 1 is 1.24 bits per heavy atom. The number of aromatic nitrogens is 4. The predicted octanol–water partition coefficient (Wildman–Crippen LogP) is 3.33.